The Morgan fingerprint density at radius 2 is 2.04 bits per heavy atom. The molecular formula is C17H18F2N6O. The van der Waals surface area contributed by atoms with Crippen LogP contribution in [0.2, 0.25) is 0 Å². The van der Waals surface area contributed by atoms with E-state index < -0.39 is 19.0 Å². The van der Waals surface area contributed by atoms with Gasteiger partial charge in [-0.25, -0.2) is 23.5 Å². The molecule has 3 aromatic rings. The standard InChI is InChI=1S/C17H18F2N6O/c18-17(19)9-24(10-17)16(26)23-5-1-2-11(8-23)15-22-7-12-6-21-14-13(25(12)15)3-4-20-14/h3-4,6-7,11,20H,1-2,5,8-10H2. The third-order valence-corrected chi connectivity index (χ3v) is 5.26. The van der Waals surface area contributed by atoms with Crippen LogP contribution in [-0.2, 0) is 0 Å². The highest BCUT2D eigenvalue weighted by Gasteiger charge is 2.47. The van der Waals surface area contributed by atoms with Crippen LogP contribution >= 0.6 is 0 Å². The Morgan fingerprint density at radius 1 is 1.23 bits per heavy atom. The molecule has 0 spiro atoms. The average molecular weight is 360 g/mol. The first-order valence-electron chi connectivity index (χ1n) is 8.73. The van der Waals surface area contributed by atoms with E-state index in [0.717, 1.165) is 35.3 Å². The fourth-order valence-electron chi connectivity index (χ4n) is 4.00. The number of hydrogen-bond donors (Lipinski definition) is 1. The molecule has 0 bridgehead atoms. The molecule has 2 aliphatic rings. The van der Waals surface area contributed by atoms with Crippen molar-refractivity contribution in [1.29, 1.82) is 0 Å². The number of likely N-dealkylation sites (tertiary alicyclic amines) is 2. The number of aromatic amines is 1. The number of rotatable bonds is 1. The lowest BCUT2D eigenvalue weighted by molar-refractivity contribution is -0.114. The number of nitrogens with one attached hydrogen (secondary N) is 1. The normalized spacial score (nSPS) is 22.8. The minimum Gasteiger partial charge on any atom is -0.345 e. The molecule has 26 heavy (non-hydrogen) atoms. The van der Waals surface area contributed by atoms with E-state index >= 15 is 0 Å². The maximum absolute atomic E-state index is 13.1. The molecule has 2 aliphatic heterocycles. The summed E-state index contributed by atoms with van der Waals surface area (Å²) in [6, 6.07) is 1.66. The number of fused-ring (bicyclic) bond motifs is 3. The molecule has 5 rings (SSSR count). The first-order valence-corrected chi connectivity index (χ1v) is 8.73. The number of halogens is 2. The molecule has 7 nitrogen and oxygen atoms in total. The number of amides is 2. The van der Waals surface area contributed by atoms with E-state index in [1.807, 2.05) is 12.3 Å². The molecule has 1 atom stereocenters. The van der Waals surface area contributed by atoms with E-state index in [0.29, 0.717) is 13.1 Å². The van der Waals surface area contributed by atoms with Gasteiger partial charge in [0.2, 0.25) is 0 Å². The number of hydrogen-bond acceptors (Lipinski definition) is 3. The lowest BCUT2D eigenvalue weighted by atomic mass is 9.97. The van der Waals surface area contributed by atoms with Crippen molar-refractivity contribution in [3.63, 3.8) is 0 Å². The maximum atomic E-state index is 13.1. The number of alkyl halides is 2. The van der Waals surface area contributed by atoms with Gasteiger partial charge in [0.05, 0.1) is 36.5 Å². The number of carbonyl (C=O) groups is 1. The summed E-state index contributed by atoms with van der Waals surface area (Å²) in [5, 5.41) is 0. The predicted octanol–water partition coefficient (Wildman–Crippen LogP) is 2.46. The number of urea groups is 1. The molecule has 9 heteroatoms. The molecule has 0 aliphatic carbocycles. The van der Waals surface area contributed by atoms with Gasteiger partial charge in [0.1, 0.15) is 5.82 Å². The lowest BCUT2D eigenvalue weighted by Crippen LogP contribution is -2.62. The van der Waals surface area contributed by atoms with Crippen LogP contribution in [0, 0.1) is 0 Å². The lowest BCUT2D eigenvalue weighted by Gasteiger charge is -2.43. The molecule has 1 unspecified atom stereocenters. The first-order chi connectivity index (χ1) is 12.5. The molecule has 2 amide bonds. The summed E-state index contributed by atoms with van der Waals surface area (Å²) in [5.41, 5.74) is 2.63. The van der Waals surface area contributed by atoms with E-state index in [-0.39, 0.29) is 11.9 Å². The van der Waals surface area contributed by atoms with Gasteiger partial charge >= 0.3 is 6.03 Å². The van der Waals surface area contributed by atoms with Crippen LogP contribution in [0.25, 0.3) is 16.7 Å². The number of carbonyl (C=O) groups excluding carboxylic acids is 1. The zero-order valence-electron chi connectivity index (χ0n) is 14.0. The Kier molecular flexibility index (Phi) is 3.22. The van der Waals surface area contributed by atoms with Crippen molar-refractivity contribution in [2.75, 3.05) is 26.2 Å². The molecular weight excluding hydrogens is 342 g/mol. The number of H-pyrrole nitrogens is 1. The van der Waals surface area contributed by atoms with Crippen molar-refractivity contribution >= 4 is 22.7 Å². The van der Waals surface area contributed by atoms with Gasteiger partial charge in [0, 0.05) is 25.2 Å². The monoisotopic (exact) mass is 360 g/mol. The van der Waals surface area contributed by atoms with Gasteiger partial charge in [-0.3, -0.25) is 4.40 Å². The molecule has 3 aromatic heterocycles. The number of piperidine rings is 1. The molecule has 2 fully saturated rings. The van der Waals surface area contributed by atoms with E-state index in [2.05, 4.69) is 19.4 Å². The van der Waals surface area contributed by atoms with Gasteiger partial charge < -0.3 is 14.8 Å². The van der Waals surface area contributed by atoms with E-state index in [9.17, 15) is 13.6 Å². The van der Waals surface area contributed by atoms with Gasteiger partial charge in [-0.2, -0.15) is 0 Å². The topological polar surface area (TPSA) is 69.5 Å². The molecule has 0 saturated carbocycles. The van der Waals surface area contributed by atoms with Crippen molar-refractivity contribution in [3.8, 4) is 0 Å². The summed E-state index contributed by atoms with van der Waals surface area (Å²) < 4.78 is 28.2. The molecule has 5 heterocycles. The van der Waals surface area contributed by atoms with Crippen LogP contribution in [-0.4, -0.2) is 67.3 Å². The van der Waals surface area contributed by atoms with Crippen molar-refractivity contribution in [2.45, 2.75) is 24.7 Å². The zero-order chi connectivity index (χ0) is 17.9. The number of aromatic nitrogens is 4. The van der Waals surface area contributed by atoms with Crippen LogP contribution in [0.3, 0.4) is 0 Å². The molecule has 1 N–H and O–H groups in total. The van der Waals surface area contributed by atoms with Crippen molar-refractivity contribution in [1.82, 2.24) is 29.2 Å². The fourth-order valence-corrected chi connectivity index (χ4v) is 4.00. The zero-order valence-corrected chi connectivity index (χ0v) is 14.0. The van der Waals surface area contributed by atoms with Gasteiger partial charge in [0.15, 0.2) is 5.65 Å². The predicted molar refractivity (Wildman–Crippen MR) is 90.3 cm³/mol. The second-order valence-electron chi connectivity index (χ2n) is 7.13. The van der Waals surface area contributed by atoms with Crippen LogP contribution in [0.15, 0.2) is 24.7 Å². The van der Waals surface area contributed by atoms with Gasteiger partial charge in [-0.15, -0.1) is 0 Å². The quantitative estimate of drug-likeness (QED) is 0.725. The summed E-state index contributed by atoms with van der Waals surface area (Å²) in [6.45, 7) is 0.139. The summed E-state index contributed by atoms with van der Waals surface area (Å²) in [7, 11) is 0. The Labute approximate surface area is 147 Å². The highest BCUT2D eigenvalue weighted by atomic mass is 19.3. The fraction of sp³-hybridized carbons (Fsp3) is 0.471. The van der Waals surface area contributed by atoms with Gasteiger partial charge in [-0.05, 0) is 18.9 Å². The van der Waals surface area contributed by atoms with Gasteiger partial charge in [0.25, 0.3) is 5.92 Å². The largest absolute Gasteiger partial charge is 0.345 e. The third-order valence-electron chi connectivity index (χ3n) is 5.26. The Hall–Kier alpha value is -2.71. The molecule has 0 radical (unpaired) electrons. The highest BCUT2D eigenvalue weighted by molar-refractivity contribution is 5.76. The Bertz CT molecular complexity index is 988. The van der Waals surface area contributed by atoms with Crippen molar-refractivity contribution in [3.05, 3.63) is 30.5 Å². The average Bonchev–Trinajstić information content (AvgIpc) is 3.24. The SMILES string of the molecule is O=C(N1CCCC(c2ncc3cnc4[nH]ccc4n23)C1)N1CC(F)(F)C1. The summed E-state index contributed by atoms with van der Waals surface area (Å²) >= 11 is 0. The van der Waals surface area contributed by atoms with Crippen molar-refractivity contribution in [2.24, 2.45) is 0 Å². The van der Waals surface area contributed by atoms with E-state index in [1.54, 1.807) is 17.3 Å². The Balaban J connectivity index is 1.43. The van der Waals surface area contributed by atoms with Crippen LogP contribution in [0.1, 0.15) is 24.6 Å². The minimum atomic E-state index is -2.74. The molecule has 136 valence electrons. The van der Waals surface area contributed by atoms with Crippen LogP contribution in [0.5, 0.6) is 0 Å². The summed E-state index contributed by atoms with van der Waals surface area (Å²) in [5.74, 6) is -1.78. The van der Waals surface area contributed by atoms with Crippen molar-refractivity contribution < 1.29 is 13.6 Å². The summed E-state index contributed by atoms with van der Waals surface area (Å²) in [6.07, 6.45) is 7.13. The van der Waals surface area contributed by atoms with Crippen LogP contribution in [0.4, 0.5) is 13.6 Å². The smallest absolute Gasteiger partial charge is 0.320 e. The highest BCUT2D eigenvalue weighted by Crippen LogP contribution is 2.32. The van der Waals surface area contributed by atoms with Crippen LogP contribution < -0.4 is 0 Å². The van der Waals surface area contributed by atoms with E-state index in [1.165, 1.54) is 4.90 Å². The second kappa shape index (κ2) is 5.39. The first kappa shape index (κ1) is 15.5. The second-order valence-corrected chi connectivity index (χ2v) is 7.13. The van der Waals surface area contributed by atoms with Gasteiger partial charge in [-0.1, -0.05) is 0 Å². The van der Waals surface area contributed by atoms with E-state index in [4.69, 9.17) is 0 Å². The number of imidazole rings is 1. The third kappa shape index (κ3) is 2.33. The maximum Gasteiger partial charge on any atom is 0.320 e. The summed E-state index contributed by atoms with van der Waals surface area (Å²) in [4.78, 5) is 27.4. The Morgan fingerprint density at radius 3 is 2.85 bits per heavy atom. The molecule has 2 saturated heterocycles. The number of nitrogens with zero attached hydrogens (tertiary/aromatic N) is 5. The minimum absolute atomic E-state index is 0.0671. The molecule has 0 aromatic carbocycles.